The van der Waals surface area contributed by atoms with Crippen LogP contribution in [0.5, 0.6) is 0 Å². The van der Waals surface area contributed by atoms with Crippen molar-refractivity contribution in [3.8, 4) is 0 Å². The molecule has 1 aromatic carbocycles. The average molecular weight is 425 g/mol. The fraction of sp³-hybridized carbons (Fsp3) is 0.222. The molecule has 0 aliphatic rings. The Labute approximate surface area is 166 Å². The Balaban J connectivity index is 1.84. The van der Waals surface area contributed by atoms with E-state index in [1.807, 2.05) is 5.32 Å². The predicted molar refractivity (Wildman–Crippen MR) is 98.8 cm³/mol. The highest BCUT2D eigenvalue weighted by molar-refractivity contribution is 6.13. The van der Waals surface area contributed by atoms with E-state index in [1.165, 1.54) is 6.20 Å². The molecule has 12 heteroatoms. The molecule has 2 N–H and O–H groups in total. The summed E-state index contributed by atoms with van der Waals surface area (Å²) >= 11 is 0. The van der Waals surface area contributed by atoms with Gasteiger partial charge in [0.05, 0.1) is 27.9 Å². The third-order valence-corrected chi connectivity index (χ3v) is 4.10. The van der Waals surface area contributed by atoms with E-state index < -0.39 is 29.5 Å². The number of nitrogens with one attached hydrogen (secondary N) is 2. The number of halogens is 4. The van der Waals surface area contributed by atoms with Gasteiger partial charge in [0.2, 0.25) is 0 Å². The van der Waals surface area contributed by atoms with Gasteiger partial charge in [-0.2, -0.15) is 13.2 Å². The smallest absolute Gasteiger partial charge is 0.376 e. The summed E-state index contributed by atoms with van der Waals surface area (Å²) in [4.78, 5) is 30.3. The lowest BCUT2D eigenvalue weighted by Gasteiger charge is -2.17. The van der Waals surface area contributed by atoms with Gasteiger partial charge in [-0.3, -0.25) is 10.1 Å². The molecule has 3 aromatic rings. The Morgan fingerprint density at radius 2 is 1.90 bits per heavy atom. The number of rotatable bonds is 3. The molecule has 0 radical (unpaired) electrons. The van der Waals surface area contributed by atoms with Crippen molar-refractivity contribution in [1.29, 1.82) is 0 Å². The number of hydrogen-bond acceptors (Lipinski definition) is 6. The van der Waals surface area contributed by atoms with Crippen LogP contribution in [0.2, 0.25) is 0 Å². The summed E-state index contributed by atoms with van der Waals surface area (Å²) in [6, 6.07) is 0.829. The Hall–Kier alpha value is -3.70. The van der Waals surface area contributed by atoms with Crippen molar-refractivity contribution in [3.63, 3.8) is 0 Å². The van der Waals surface area contributed by atoms with E-state index in [4.69, 9.17) is 4.52 Å². The van der Waals surface area contributed by atoms with E-state index in [1.54, 1.807) is 25.9 Å². The molecule has 2 aromatic heterocycles. The number of nitrogens with zero attached hydrogens (tertiary/aromatic N) is 3. The Morgan fingerprint density at radius 3 is 2.53 bits per heavy atom. The van der Waals surface area contributed by atoms with Gasteiger partial charge in [-0.1, -0.05) is 5.16 Å². The van der Waals surface area contributed by atoms with Gasteiger partial charge in [0.15, 0.2) is 0 Å². The number of pyridine rings is 1. The SMILES string of the molecule is Cc1noc2ncc(C(=O)NC(=O)Nc3ccc(F)c(C(F)(F)F)c3)c(N(C)C)c12. The number of aromatic nitrogens is 2. The molecule has 30 heavy (non-hydrogen) atoms. The van der Waals surface area contributed by atoms with Crippen molar-refractivity contribution in [2.75, 3.05) is 24.3 Å². The summed E-state index contributed by atoms with van der Waals surface area (Å²) in [6.45, 7) is 1.65. The zero-order chi connectivity index (χ0) is 22.2. The van der Waals surface area contributed by atoms with Crippen LogP contribution < -0.4 is 15.5 Å². The van der Waals surface area contributed by atoms with E-state index in [2.05, 4.69) is 15.5 Å². The van der Waals surface area contributed by atoms with E-state index in [9.17, 15) is 27.2 Å². The third kappa shape index (κ3) is 4.02. The van der Waals surface area contributed by atoms with E-state index >= 15 is 0 Å². The molecule has 0 spiro atoms. The second kappa shape index (κ2) is 7.61. The predicted octanol–water partition coefficient (Wildman–Crippen LogP) is 3.72. The number of imide groups is 1. The molecule has 0 aliphatic carbocycles. The molecule has 158 valence electrons. The molecule has 8 nitrogen and oxygen atoms in total. The Morgan fingerprint density at radius 1 is 1.20 bits per heavy atom. The molecule has 3 rings (SSSR count). The number of amides is 3. The van der Waals surface area contributed by atoms with E-state index in [-0.39, 0.29) is 17.0 Å². The first-order chi connectivity index (χ1) is 14.0. The van der Waals surface area contributed by atoms with Crippen molar-refractivity contribution in [2.24, 2.45) is 0 Å². The minimum Gasteiger partial charge on any atom is -0.376 e. The maximum absolute atomic E-state index is 13.4. The highest BCUT2D eigenvalue weighted by Gasteiger charge is 2.34. The second-order valence-electron chi connectivity index (χ2n) is 6.46. The fourth-order valence-corrected chi connectivity index (χ4v) is 2.82. The van der Waals surface area contributed by atoms with Gasteiger partial charge in [-0.05, 0) is 25.1 Å². The summed E-state index contributed by atoms with van der Waals surface area (Å²) in [7, 11) is 3.32. The fourth-order valence-electron chi connectivity index (χ4n) is 2.82. The lowest BCUT2D eigenvalue weighted by Crippen LogP contribution is -2.35. The molecule has 0 aliphatic heterocycles. The lowest BCUT2D eigenvalue weighted by atomic mass is 10.1. The van der Waals surface area contributed by atoms with Gasteiger partial charge in [-0.25, -0.2) is 14.2 Å². The van der Waals surface area contributed by atoms with Crippen molar-refractivity contribution in [3.05, 3.63) is 47.0 Å². The normalized spacial score (nSPS) is 11.4. The Kier molecular flexibility index (Phi) is 5.33. The summed E-state index contributed by atoms with van der Waals surface area (Å²) in [5.74, 6) is -2.34. The first-order valence-corrected chi connectivity index (χ1v) is 8.40. The number of anilines is 2. The summed E-state index contributed by atoms with van der Waals surface area (Å²) in [6.07, 6.45) is -3.75. The first kappa shape index (κ1) is 21.0. The van der Waals surface area contributed by atoms with Crippen LogP contribution in [-0.2, 0) is 6.18 Å². The third-order valence-electron chi connectivity index (χ3n) is 4.10. The maximum atomic E-state index is 13.4. The molecule has 0 bridgehead atoms. The van der Waals surface area contributed by atoms with Gasteiger partial charge in [0.1, 0.15) is 5.82 Å². The average Bonchev–Trinajstić information content (AvgIpc) is 3.02. The van der Waals surface area contributed by atoms with Crippen LogP contribution >= 0.6 is 0 Å². The monoisotopic (exact) mass is 425 g/mol. The minimum atomic E-state index is -4.94. The van der Waals surface area contributed by atoms with Gasteiger partial charge in [0, 0.05) is 26.0 Å². The number of carbonyl (C=O) groups is 2. The van der Waals surface area contributed by atoms with Crippen LogP contribution in [0.3, 0.4) is 0 Å². The Bertz CT molecular complexity index is 1140. The van der Waals surface area contributed by atoms with Crippen LogP contribution in [-0.4, -0.2) is 36.2 Å². The topological polar surface area (TPSA) is 100 Å². The summed E-state index contributed by atoms with van der Waals surface area (Å²) < 4.78 is 56.8. The molecule has 0 saturated heterocycles. The number of urea groups is 1. The summed E-state index contributed by atoms with van der Waals surface area (Å²) in [5.41, 5.74) is -0.798. The first-order valence-electron chi connectivity index (χ1n) is 8.40. The van der Waals surface area contributed by atoms with Gasteiger partial charge in [-0.15, -0.1) is 0 Å². The number of benzene rings is 1. The zero-order valence-electron chi connectivity index (χ0n) is 15.9. The van der Waals surface area contributed by atoms with Gasteiger partial charge < -0.3 is 14.7 Å². The molecule has 2 heterocycles. The quantitative estimate of drug-likeness (QED) is 0.621. The number of alkyl halides is 3. The number of hydrogen-bond donors (Lipinski definition) is 2. The maximum Gasteiger partial charge on any atom is 0.419 e. The van der Waals surface area contributed by atoms with Crippen molar-refractivity contribution < 1.29 is 31.7 Å². The second-order valence-corrected chi connectivity index (χ2v) is 6.46. The minimum absolute atomic E-state index is 0.0176. The van der Waals surface area contributed by atoms with Crippen LogP contribution in [0.15, 0.2) is 28.9 Å². The highest BCUT2D eigenvalue weighted by Crippen LogP contribution is 2.33. The number of carbonyl (C=O) groups excluding carboxylic acids is 2. The molecular weight excluding hydrogens is 410 g/mol. The van der Waals surface area contributed by atoms with E-state index in [0.717, 1.165) is 6.07 Å². The summed E-state index contributed by atoms with van der Waals surface area (Å²) in [5, 5.41) is 8.35. The molecule has 0 unspecified atom stereocenters. The van der Waals surface area contributed by atoms with Crippen molar-refractivity contribution >= 4 is 34.4 Å². The standard InChI is InChI=1S/C18H15F4N5O3/c1-8-13-14(27(2)3)10(7-23-16(13)30-26-8)15(28)25-17(29)24-9-4-5-12(19)11(6-9)18(20,21)22/h4-7H,1-3H3,(H2,24,25,28,29). The number of fused-ring (bicyclic) bond motifs is 1. The largest absolute Gasteiger partial charge is 0.419 e. The van der Waals surface area contributed by atoms with Crippen LogP contribution in [0.1, 0.15) is 21.6 Å². The zero-order valence-corrected chi connectivity index (χ0v) is 15.9. The number of aryl methyl sites for hydroxylation is 1. The molecule has 0 saturated carbocycles. The van der Waals surface area contributed by atoms with Crippen molar-refractivity contribution in [1.82, 2.24) is 15.5 Å². The van der Waals surface area contributed by atoms with Gasteiger partial charge >= 0.3 is 12.2 Å². The molecule has 3 amide bonds. The molecule has 0 atom stereocenters. The van der Waals surface area contributed by atoms with E-state index in [0.29, 0.717) is 28.9 Å². The highest BCUT2D eigenvalue weighted by atomic mass is 19.4. The molecular formula is C18H15F4N5O3. The molecule has 0 fully saturated rings. The van der Waals surface area contributed by atoms with Crippen LogP contribution in [0.4, 0.5) is 33.7 Å². The van der Waals surface area contributed by atoms with Crippen LogP contribution in [0, 0.1) is 12.7 Å². The van der Waals surface area contributed by atoms with Gasteiger partial charge in [0.25, 0.3) is 11.6 Å². The van der Waals surface area contributed by atoms with Crippen molar-refractivity contribution in [2.45, 2.75) is 13.1 Å². The van der Waals surface area contributed by atoms with Crippen LogP contribution in [0.25, 0.3) is 11.1 Å². The lowest BCUT2D eigenvalue weighted by molar-refractivity contribution is -0.139.